The molecule has 3 heteroatoms. The van der Waals surface area contributed by atoms with Gasteiger partial charge in [0, 0.05) is 11.3 Å². The third-order valence-electron chi connectivity index (χ3n) is 3.14. The van der Waals surface area contributed by atoms with Crippen LogP contribution in [0, 0.1) is 0 Å². The van der Waals surface area contributed by atoms with Crippen molar-refractivity contribution in [3.05, 3.63) is 29.8 Å². The molecule has 3 nitrogen and oxygen atoms in total. The number of Topliss-reactive ketones (excluding diaryl/α,β-unsaturated/α-hetero) is 1. The number of hydrogen-bond donors (Lipinski definition) is 0. The first kappa shape index (κ1) is 10.9. The van der Waals surface area contributed by atoms with E-state index in [1.54, 1.807) is 6.92 Å². The summed E-state index contributed by atoms with van der Waals surface area (Å²) >= 11 is 0. The number of carbonyl (C=O) groups is 1. The minimum atomic E-state index is 0.100. The Morgan fingerprint density at radius 3 is 2.31 bits per heavy atom. The van der Waals surface area contributed by atoms with E-state index in [4.69, 9.17) is 0 Å². The molecule has 0 aliphatic carbocycles. The van der Waals surface area contributed by atoms with Crippen LogP contribution in [0.5, 0.6) is 0 Å². The summed E-state index contributed by atoms with van der Waals surface area (Å²) in [5.74, 6) is 0.100. The Hall–Kier alpha value is -1.64. The molecule has 1 aliphatic heterocycles. The molecule has 2 atom stereocenters. The quantitative estimate of drug-likeness (QED) is 0.711. The molecule has 1 aromatic carbocycles. The maximum absolute atomic E-state index is 11.2. The summed E-state index contributed by atoms with van der Waals surface area (Å²) in [5.41, 5.74) is 1.84. The van der Waals surface area contributed by atoms with E-state index >= 15 is 0 Å². The SMILES string of the molecule is CC(=O)c1ccc(N2C=NC(C)C2C)cc1. The summed E-state index contributed by atoms with van der Waals surface area (Å²) in [4.78, 5) is 17.7. The zero-order valence-corrected chi connectivity index (χ0v) is 9.84. The number of benzene rings is 1. The van der Waals surface area contributed by atoms with Crippen molar-refractivity contribution >= 4 is 17.8 Å². The second-order valence-corrected chi connectivity index (χ2v) is 4.26. The fraction of sp³-hybridized carbons (Fsp3) is 0.385. The van der Waals surface area contributed by atoms with Crippen molar-refractivity contribution in [1.82, 2.24) is 0 Å². The van der Waals surface area contributed by atoms with Crippen LogP contribution in [0.2, 0.25) is 0 Å². The molecule has 2 unspecified atom stereocenters. The standard InChI is InChI=1S/C13H16N2O/c1-9-10(2)15(8-14-9)13-6-4-12(5-7-13)11(3)16/h4-10H,1-3H3. The number of carbonyl (C=O) groups excluding carboxylic acids is 1. The smallest absolute Gasteiger partial charge is 0.159 e. The zero-order chi connectivity index (χ0) is 11.7. The largest absolute Gasteiger partial charge is 0.328 e. The highest BCUT2D eigenvalue weighted by molar-refractivity contribution is 5.94. The summed E-state index contributed by atoms with van der Waals surface area (Å²) < 4.78 is 0. The lowest BCUT2D eigenvalue weighted by Gasteiger charge is -2.23. The van der Waals surface area contributed by atoms with Crippen LogP contribution in [-0.4, -0.2) is 24.2 Å². The van der Waals surface area contributed by atoms with Gasteiger partial charge in [-0.2, -0.15) is 0 Å². The highest BCUT2D eigenvalue weighted by Crippen LogP contribution is 2.22. The number of hydrogen-bond acceptors (Lipinski definition) is 3. The first-order valence-electron chi connectivity index (χ1n) is 5.52. The van der Waals surface area contributed by atoms with Gasteiger partial charge in [0.15, 0.2) is 5.78 Å². The van der Waals surface area contributed by atoms with E-state index in [2.05, 4.69) is 23.7 Å². The minimum absolute atomic E-state index is 0.100. The molecule has 0 spiro atoms. The van der Waals surface area contributed by atoms with Crippen molar-refractivity contribution in [2.45, 2.75) is 32.9 Å². The average Bonchev–Trinajstić information content (AvgIpc) is 2.60. The van der Waals surface area contributed by atoms with E-state index in [9.17, 15) is 4.79 Å². The average molecular weight is 216 g/mol. The zero-order valence-electron chi connectivity index (χ0n) is 9.84. The molecule has 0 aromatic heterocycles. The van der Waals surface area contributed by atoms with Gasteiger partial charge in [0.1, 0.15) is 0 Å². The molecule has 1 aromatic rings. The minimum Gasteiger partial charge on any atom is -0.328 e. The second-order valence-electron chi connectivity index (χ2n) is 4.26. The lowest BCUT2D eigenvalue weighted by Crippen LogP contribution is -2.32. The van der Waals surface area contributed by atoms with Gasteiger partial charge in [-0.3, -0.25) is 9.79 Å². The van der Waals surface area contributed by atoms with Gasteiger partial charge in [0.25, 0.3) is 0 Å². The predicted octanol–water partition coefficient (Wildman–Crippen LogP) is 2.51. The van der Waals surface area contributed by atoms with Gasteiger partial charge < -0.3 is 4.90 Å². The van der Waals surface area contributed by atoms with Crippen LogP contribution in [0.1, 0.15) is 31.1 Å². The van der Waals surface area contributed by atoms with Crippen molar-refractivity contribution in [3.8, 4) is 0 Å². The molecule has 16 heavy (non-hydrogen) atoms. The van der Waals surface area contributed by atoms with Crippen molar-refractivity contribution in [2.75, 3.05) is 4.90 Å². The van der Waals surface area contributed by atoms with E-state index < -0.39 is 0 Å². The first-order chi connectivity index (χ1) is 7.59. The highest BCUT2D eigenvalue weighted by atomic mass is 16.1. The Balaban J connectivity index is 2.23. The van der Waals surface area contributed by atoms with Crippen molar-refractivity contribution < 1.29 is 4.79 Å². The van der Waals surface area contributed by atoms with Gasteiger partial charge >= 0.3 is 0 Å². The van der Waals surface area contributed by atoms with Crippen molar-refractivity contribution in [2.24, 2.45) is 4.99 Å². The summed E-state index contributed by atoms with van der Waals surface area (Å²) in [6.45, 7) is 5.83. The molecule has 84 valence electrons. The molecule has 0 saturated heterocycles. The number of nitrogens with zero attached hydrogens (tertiary/aromatic N) is 2. The predicted molar refractivity (Wildman–Crippen MR) is 66.3 cm³/mol. The Morgan fingerprint density at radius 1 is 1.25 bits per heavy atom. The fourth-order valence-electron chi connectivity index (χ4n) is 1.81. The second kappa shape index (κ2) is 4.08. The maximum atomic E-state index is 11.2. The lowest BCUT2D eigenvalue weighted by molar-refractivity contribution is 0.101. The van der Waals surface area contributed by atoms with E-state index in [-0.39, 0.29) is 5.78 Å². The maximum Gasteiger partial charge on any atom is 0.159 e. The summed E-state index contributed by atoms with van der Waals surface area (Å²) in [7, 11) is 0. The van der Waals surface area contributed by atoms with Gasteiger partial charge in [-0.25, -0.2) is 0 Å². The van der Waals surface area contributed by atoms with E-state index in [0.717, 1.165) is 11.3 Å². The molecule has 2 rings (SSSR count). The fourth-order valence-corrected chi connectivity index (χ4v) is 1.81. The van der Waals surface area contributed by atoms with Crippen LogP contribution in [0.25, 0.3) is 0 Å². The summed E-state index contributed by atoms with van der Waals surface area (Å²) in [5, 5.41) is 0. The summed E-state index contributed by atoms with van der Waals surface area (Å²) in [6, 6.07) is 8.37. The van der Waals surface area contributed by atoms with Gasteiger partial charge in [-0.15, -0.1) is 0 Å². The van der Waals surface area contributed by atoms with Gasteiger partial charge in [-0.1, -0.05) is 0 Å². The topological polar surface area (TPSA) is 32.7 Å². The summed E-state index contributed by atoms with van der Waals surface area (Å²) in [6.07, 6.45) is 1.87. The highest BCUT2D eigenvalue weighted by Gasteiger charge is 2.23. The third kappa shape index (κ3) is 1.85. The lowest BCUT2D eigenvalue weighted by atomic mass is 10.1. The Kier molecular flexibility index (Phi) is 2.77. The Labute approximate surface area is 95.8 Å². The van der Waals surface area contributed by atoms with Crippen LogP contribution < -0.4 is 4.90 Å². The molecule has 0 bridgehead atoms. The molecule has 1 aliphatic rings. The monoisotopic (exact) mass is 216 g/mol. The number of ketones is 1. The van der Waals surface area contributed by atoms with Gasteiger partial charge in [0.05, 0.1) is 18.4 Å². The van der Waals surface area contributed by atoms with Crippen LogP contribution in [-0.2, 0) is 0 Å². The van der Waals surface area contributed by atoms with E-state index in [1.165, 1.54) is 0 Å². The van der Waals surface area contributed by atoms with Crippen LogP contribution in [0.3, 0.4) is 0 Å². The Morgan fingerprint density at radius 2 is 1.88 bits per heavy atom. The van der Waals surface area contributed by atoms with Crippen molar-refractivity contribution in [1.29, 1.82) is 0 Å². The molecule has 1 heterocycles. The van der Waals surface area contributed by atoms with E-state index in [1.807, 2.05) is 30.6 Å². The van der Waals surface area contributed by atoms with Gasteiger partial charge in [-0.05, 0) is 45.0 Å². The first-order valence-corrected chi connectivity index (χ1v) is 5.52. The number of aliphatic imine (C=N–C) groups is 1. The molecule has 0 fully saturated rings. The molecular weight excluding hydrogens is 200 g/mol. The van der Waals surface area contributed by atoms with Crippen molar-refractivity contribution in [3.63, 3.8) is 0 Å². The third-order valence-corrected chi connectivity index (χ3v) is 3.14. The van der Waals surface area contributed by atoms with Crippen LogP contribution in [0.4, 0.5) is 5.69 Å². The van der Waals surface area contributed by atoms with Crippen LogP contribution in [0.15, 0.2) is 29.3 Å². The number of anilines is 1. The normalized spacial score (nSPS) is 23.8. The molecule has 0 saturated carbocycles. The molecular formula is C13H16N2O. The Bertz CT molecular complexity index is 422. The number of rotatable bonds is 2. The molecule has 0 amide bonds. The molecule has 0 N–H and O–H groups in total. The van der Waals surface area contributed by atoms with Crippen LogP contribution >= 0.6 is 0 Å². The van der Waals surface area contributed by atoms with E-state index in [0.29, 0.717) is 12.1 Å². The van der Waals surface area contributed by atoms with Gasteiger partial charge in [0.2, 0.25) is 0 Å². The molecule has 0 radical (unpaired) electrons.